The summed E-state index contributed by atoms with van der Waals surface area (Å²) in [4.78, 5) is 0. The van der Waals surface area contributed by atoms with Crippen molar-refractivity contribution in [3.05, 3.63) is 36.0 Å². The second kappa shape index (κ2) is 3.78. The minimum Gasteiger partial charge on any atom is -0.350 e. The van der Waals surface area contributed by atoms with Gasteiger partial charge >= 0.3 is 0 Å². The van der Waals surface area contributed by atoms with Crippen LogP contribution in [0.5, 0.6) is 0 Å². The molecule has 0 aliphatic rings. The van der Waals surface area contributed by atoms with Crippen LogP contribution >= 0.6 is 0 Å². The lowest BCUT2D eigenvalue weighted by Gasteiger charge is -2.04. The monoisotopic (exact) mass is 198 g/mol. The SMILES string of the molecule is CC(CC#N)c1cn(C)c2ccccc12. The Balaban J connectivity index is 2.58. The molecule has 1 aromatic carbocycles. The molecule has 0 aliphatic carbocycles. The third-order valence-electron chi connectivity index (χ3n) is 2.86. The van der Waals surface area contributed by atoms with Crippen LogP contribution in [-0.4, -0.2) is 4.57 Å². The van der Waals surface area contributed by atoms with Gasteiger partial charge in [0, 0.05) is 30.6 Å². The number of fused-ring (bicyclic) bond motifs is 1. The molecular formula is C13H14N2. The van der Waals surface area contributed by atoms with Crippen LogP contribution in [0.1, 0.15) is 24.8 Å². The molecule has 0 fully saturated rings. The van der Waals surface area contributed by atoms with E-state index >= 15 is 0 Å². The maximum Gasteiger partial charge on any atom is 0.0628 e. The number of para-hydroxylation sites is 1. The molecule has 2 nitrogen and oxygen atoms in total. The molecule has 0 radical (unpaired) electrons. The van der Waals surface area contributed by atoms with E-state index in [4.69, 9.17) is 5.26 Å². The maximum absolute atomic E-state index is 8.72. The second-order valence-electron chi connectivity index (χ2n) is 3.98. The summed E-state index contributed by atoms with van der Waals surface area (Å²) in [7, 11) is 2.05. The molecule has 0 aliphatic heterocycles. The quantitative estimate of drug-likeness (QED) is 0.728. The Morgan fingerprint density at radius 3 is 2.87 bits per heavy atom. The third-order valence-corrected chi connectivity index (χ3v) is 2.86. The molecule has 2 heteroatoms. The Morgan fingerprint density at radius 1 is 1.40 bits per heavy atom. The van der Waals surface area contributed by atoms with Crippen molar-refractivity contribution in [1.82, 2.24) is 4.57 Å². The second-order valence-corrected chi connectivity index (χ2v) is 3.98. The molecule has 0 amide bonds. The first kappa shape index (κ1) is 9.79. The van der Waals surface area contributed by atoms with Crippen LogP contribution in [0.3, 0.4) is 0 Å². The molecular weight excluding hydrogens is 184 g/mol. The van der Waals surface area contributed by atoms with Crippen molar-refractivity contribution in [1.29, 1.82) is 5.26 Å². The molecule has 2 rings (SSSR count). The van der Waals surface area contributed by atoms with E-state index in [2.05, 4.69) is 35.9 Å². The van der Waals surface area contributed by atoms with Gasteiger partial charge in [0.2, 0.25) is 0 Å². The molecule has 1 unspecified atom stereocenters. The van der Waals surface area contributed by atoms with Crippen molar-refractivity contribution < 1.29 is 0 Å². The number of aromatic nitrogens is 1. The molecule has 0 saturated heterocycles. The fourth-order valence-electron chi connectivity index (χ4n) is 2.01. The number of benzene rings is 1. The number of hydrogen-bond donors (Lipinski definition) is 0. The smallest absolute Gasteiger partial charge is 0.0628 e. The molecule has 15 heavy (non-hydrogen) atoms. The van der Waals surface area contributed by atoms with Crippen molar-refractivity contribution in [2.24, 2.45) is 7.05 Å². The van der Waals surface area contributed by atoms with Gasteiger partial charge in [0.15, 0.2) is 0 Å². The average Bonchev–Trinajstić information content (AvgIpc) is 2.58. The lowest BCUT2D eigenvalue weighted by atomic mass is 9.98. The van der Waals surface area contributed by atoms with E-state index in [9.17, 15) is 0 Å². The Kier molecular flexibility index (Phi) is 2.47. The third kappa shape index (κ3) is 1.61. The molecule has 1 aromatic heterocycles. The van der Waals surface area contributed by atoms with Crippen LogP contribution < -0.4 is 0 Å². The van der Waals surface area contributed by atoms with Crippen LogP contribution in [0, 0.1) is 11.3 Å². The van der Waals surface area contributed by atoms with Gasteiger partial charge in [0.25, 0.3) is 0 Å². The van der Waals surface area contributed by atoms with Gasteiger partial charge in [-0.25, -0.2) is 0 Å². The molecule has 0 bridgehead atoms. The van der Waals surface area contributed by atoms with Crippen molar-refractivity contribution in [2.75, 3.05) is 0 Å². The summed E-state index contributed by atoms with van der Waals surface area (Å²) in [5.41, 5.74) is 2.51. The van der Waals surface area contributed by atoms with Crippen molar-refractivity contribution in [3.63, 3.8) is 0 Å². The summed E-state index contributed by atoms with van der Waals surface area (Å²) in [5.74, 6) is 0.307. The Bertz CT molecular complexity index is 517. The van der Waals surface area contributed by atoms with Crippen LogP contribution in [0.4, 0.5) is 0 Å². The minimum absolute atomic E-state index is 0.307. The van der Waals surface area contributed by atoms with E-state index in [0.29, 0.717) is 12.3 Å². The zero-order valence-electron chi connectivity index (χ0n) is 9.07. The number of aryl methyl sites for hydroxylation is 1. The zero-order valence-corrected chi connectivity index (χ0v) is 9.07. The maximum atomic E-state index is 8.72. The fraction of sp³-hybridized carbons (Fsp3) is 0.308. The highest BCUT2D eigenvalue weighted by Gasteiger charge is 2.11. The molecule has 2 aromatic rings. The highest BCUT2D eigenvalue weighted by molar-refractivity contribution is 5.84. The van der Waals surface area contributed by atoms with Crippen LogP contribution in [0.2, 0.25) is 0 Å². The molecule has 0 saturated carbocycles. The van der Waals surface area contributed by atoms with Crippen LogP contribution in [0.25, 0.3) is 10.9 Å². The summed E-state index contributed by atoms with van der Waals surface area (Å²) < 4.78 is 2.12. The average molecular weight is 198 g/mol. The Morgan fingerprint density at radius 2 is 2.13 bits per heavy atom. The van der Waals surface area contributed by atoms with Crippen molar-refractivity contribution in [2.45, 2.75) is 19.3 Å². The highest BCUT2D eigenvalue weighted by Crippen LogP contribution is 2.28. The number of rotatable bonds is 2. The number of hydrogen-bond acceptors (Lipinski definition) is 1. The van der Waals surface area contributed by atoms with Gasteiger partial charge < -0.3 is 4.57 Å². The van der Waals surface area contributed by atoms with Gasteiger partial charge in [0.1, 0.15) is 0 Å². The van der Waals surface area contributed by atoms with Gasteiger partial charge in [-0.1, -0.05) is 25.1 Å². The van der Waals surface area contributed by atoms with E-state index < -0.39 is 0 Å². The molecule has 1 atom stereocenters. The van der Waals surface area contributed by atoms with Gasteiger partial charge in [-0.05, 0) is 17.5 Å². The fourth-order valence-corrected chi connectivity index (χ4v) is 2.01. The van der Waals surface area contributed by atoms with Gasteiger partial charge in [-0.15, -0.1) is 0 Å². The minimum atomic E-state index is 0.307. The summed E-state index contributed by atoms with van der Waals surface area (Å²) in [6.07, 6.45) is 2.71. The van der Waals surface area contributed by atoms with E-state index in [0.717, 1.165) is 0 Å². The summed E-state index contributed by atoms with van der Waals surface area (Å²) in [5, 5.41) is 9.99. The van der Waals surface area contributed by atoms with E-state index in [-0.39, 0.29) is 0 Å². The zero-order chi connectivity index (χ0) is 10.8. The molecule has 0 N–H and O–H groups in total. The highest BCUT2D eigenvalue weighted by atomic mass is 14.9. The number of nitriles is 1. The predicted molar refractivity (Wildman–Crippen MR) is 61.6 cm³/mol. The molecule has 0 spiro atoms. The van der Waals surface area contributed by atoms with E-state index in [1.807, 2.05) is 19.2 Å². The first-order chi connectivity index (χ1) is 7.24. The van der Waals surface area contributed by atoms with Gasteiger partial charge in [-0.2, -0.15) is 5.26 Å². The predicted octanol–water partition coefficient (Wildman–Crippen LogP) is 3.20. The number of nitrogens with zero attached hydrogens (tertiary/aromatic N) is 2. The first-order valence-electron chi connectivity index (χ1n) is 5.15. The standard InChI is InChI=1S/C13H14N2/c1-10(7-8-14)12-9-15(2)13-6-4-3-5-11(12)13/h3-6,9-10H,7H2,1-2H3. The Labute approximate surface area is 89.7 Å². The van der Waals surface area contributed by atoms with Crippen molar-refractivity contribution >= 4 is 10.9 Å². The topological polar surface area (TPSA) is 28.7 Å². The van der Waals surface area contributed by atoms with Crippen LogP contribution in [-0.2, 0) is 7.05 Å². The van der Waals surface area contributed by atoms with Crippen molar-refractivity contribution in [3.8, 4) is 6.07 Å². The Hall–Kier alpha value is -1.75. The lowest BCUT2D eigenvalue weighted by molar-refractivity contribution is 0.788. The lowest BCUT2D eigenvalue weighted by Crippen LogP contribution is -1.90. The van der Waals surface area contributed by atoms with Gasteiger partial charge in [-0.3, -0.25) is 0 Å². The van der Waals surface area contributed by atoms with Crippen LogP contribution in [0.15, 0.2) is 30.5 Å². The molecule has 1 heterocycles. The summed E-state index contributed by atoms with van der Waals surface area (Å²) >= 11 is 0. The van der Waals surface area contributed by atoms with Gasteiger partial charge in [0.05, 0.1) is 6.07 Å². The summed E-state index contributed by atoms with van der Waals surface area (Å²) in [6.45, 7) is 2.10. The first-order valence-corrected chi connectivity index (χ1v) is 5.15. The molecule has 76 valence electrons. The summed E-state index contributed by atoms with van der Waals surface area (Å²) in [6, 6.07) is 10.6. The largest absolute Gasteiger partial charge is 0.350 e. The van der Waals surface area contributed by atoms with E-state index in [1.54, 1.807) is 0 Å². The van der Waals surface area contributed by atoms with E-state index in [1.165, 1.54) is 16.5 Å². The normalized spacial score (nSPS) is 12.6.